The summed E-state index contributed by atoms with van der Waals surface area (Å²) in [6.07, 6.45) is -4.55. The molecule has 0 radical (unpaired) electrons. The Kier molecular flexibility index (Phi) is 3.16. The van der Waals surface area contributed by atoms with Crippen molar-refractivity contribution in [2.24, 2.45) is 0 Å². The third kappa shape index (κ3) is 3.26. The van der Waals surface area contributed by atoms with Crippen LogP contribution in [0.25, 0.3) is 0 Å². The number of carboxylic acid groups (broad SMARTS) is 1. The van der Waals surface area contributed by atoms with Gasteiger partial charge < -0.3 is 14.9 Å². The average molecular weight is 238 g/mol. The van der Waals surface area contributed by atoms with E-state index in [1.165, 1.54) is 5.32 Å². The zero-order valence-corrected chi connectivity index (χ0v) is 7.54. The molecule has 16 heavy (non-hydrogen) atoms. The van der Waals surface area contributed by atoms with E-state index in [0.717, 1.165) is 6.07 Å². The second-order valence-corrected chi connectivity index (χ2v) is 2.68. The molecule has 2 N–H and O–H groups in total. The number of nitrogens with one attached hydrogen (secondary N) is 1. The number of alkyl halides is 3. The van der Waals surface area contributed by atoms with E-state index >= 15 is 0 Å². The molecular formula is C7H5F3N2O4. The van der Waals surface area contributed by atoms with E-state index in [1.807, 2.05) is 0 Å². The van der Waals surface area contributed by atoms with E-state index < -0.39 is 36.1 Å². The van der Waals surface area contributed by atoms with Gasteiger partial charge in [0.15, 0.2) is 5.69 Å². The molecule has 88 valence electrons. The van der Waals surface area contributed by atoms with Crippen LogP contribution in [0.4, 0.5) is 13.2 Å². The summed E-state index contributed by atoms with van der Waals surface area (Å²) in [6, 6.07) is 0.730. The van der Waals surface area contributed by atoms with Crippen molar-refractivity contribution < 1.29 is 32.4 Å². The zero-order chi connectivity index (χ0) is 12.3. The Morgan fingerprint density at radius 2 is 2.12 bits per heavy atom. The maximum absolute atomic E-state index is 11.7. The van der Waals surface area contributed by atoms with Gasteiger partial charge in [0, 0.05) is 6.07 Å². The zero-order valence-electron chi connectivity index (χ0n) is 7.54. The maximum Gasteiger partial charge on any atom is 0.405 e. The number of hydrogen-bond acceptors (Lipinski definition) is 4. The Balaban J connectivity index is 2.63. The molecule has 1 heterocycles. The number of carbonyl (C=O) groups is 2. The van der Waals surface area contributed by atoms with Crippen LogP contribution in [0, 0.1) is 0 Å². The second kappa shape index (κ2) is 4.21. The van der Waals surface area contributed by atoms with E-state index in [2.05, 4.69) is 9.68 Å². The van der Waals surface area contributed by atoms with Gasteiger partial charge in [0.25, 0.3) is 5.91 Å². The quantitative estimate of drug-likeness (QED) is 0.807. The molecule has 0 bridgehead atoms. The highest BCUT2D eigenvalue weighted by atomic mass is 19.4. The van der Waals surface area contributed by atoms with Crippen LogP contribution in [0.1, 0.15) is 21.0 Å². The van der Waals surface area contributed by atoms with E-state index in [4.69, 9.17) is 5.11 Å². The fraction of sp³-hybridized carbons (Fsp3) is 0.286. The number of carbonyl (C=O) groups excluding carboxylic acids is 1. The Morgan fingerprint density at radius 1 is 1.50 bits per heavy atom. The maximum atomic E-state index is 11.7. The van der Waals surface area contributed by atoms with Gasteiger partial charge in [-0.15, -0.1) is 0 Å². The average Bonchev–Trinajstić information content (AvgIpc) is 2.61. The van der Waals surface area contributed by atoms with E-state index in [9.17, 15) is 22.8 Å². The molecule has 0 aliphatic rings. The predicted octanol–water partition coefficient (Wildman–Crippen LogP) is 0.665. The molecule has 1 aromatic heterocycles. The first-order valence-electron chi connectivity index (χ1n) is 3.84. The lowest BCUT2D eigenvalue weighted by molar-refractivity contribution is -0.123. The molecule has 0 atom stereocenters. The van der Waals surface area contributed by atoms with Crippen molar-refractivity contribution in [2.45, 2.75) is 6.18 Å². The van der Waals surface area contributed by atoms with Gasteiger partial charge in [-0.25, -0.2) is 4.79 Å². The van der Waals surface area contributed by atoms with Crippen LogP contribution in [0.15, 0.2) is 10.6 Å². The molecule has 0 saturated heterocycles. The minimum Gasteiger partial charge on any atom is -0.475 e. The summed E-state index contributed by atoms with van der Waals surface area (Å²) in [7, 11) is 0. The molecule has 0 spiro atoms. The minimum absolute atomic E-state index is 0.526. The van der Waals surface area contributed by atoms with Crippen molar-refractivity contribution in [3.05, 3.63) is 17.5 Å². The summed E-state index contributed by atoms with van der Waals surface area (Å²) >= 11 is 0. The summed E-state index contributed by atoms with van der Waals surface area (Å²) in [5.41, 5.74) is -0.526. The molecule has 0 aromatic carbocycles. The SMILES string of the molecule is O=C(NCC(F)(F)F)c1cc(C(=O)O)on1. The lowest BCUT2D eigenvalue weighted by Gasteiger charge is -2.05. The first-order valence-corrected chi connectivity index (χ1v) is 3.84. The number of aromatic carboxylic acids is 1. The molecule has 0 unspecified atom stereocenters. The summed E-state index contributed by atoms with van der Waals surface area (Å²) in [5.74, 6) is -3.26. The highest BCUT2D eigenvalue weighted by molar-refractivity contribution is 5.94. The van der Waals surface area contributed by atoms with Gasteiger partial charge in [0.2, 0.25) is 5.76 Å². The van der Waals surface area contributed by atoms with Crippen molar-refractivity contribution in [3.8, 4) is 0 Å². The largest absolute Gasteiger partial charge is 0.475 e. The minimum atomic E-state index is -4.55. The molecule has 6 nitrogen and oxygen atoms in total. The number of hydrogen-bond donors (Lipinski definition) is 2. The molecule has 0 saturated carbocycles. The van der Waals surface area contributed by atoms with Crippen molar-refractivity contribution in [3.63, 3.8) is 0 Å². The topological polar surface area (TPSA) is 92.4 Å². The van der Waals surface area contributed by atoms with Gasteiger partial charge in [-0.3, -0.25) is 4.79 Å². The van der Waals surface area contributed by atoms with Crippen LogP contribution in [-0.2, 0) is 0 Å². The normalized spacial score (nSPS) is 11.2. The molecule has 1 amide bonds. The molecule has 1 rings (SSSR count). The fourth-order valence-electron chi connectivity index (χ4n) is 0.754. The molecule has 0 aliphatic heterocycles. The highest BCUT2D eigenvalue weighted by Crippen LogP contribution is 2.12. The van der Waals surface area contributed by atoms with Crippen molar-refractivity contribution >= 4 is 11.9 Å². The van der Waals surface area contributed by atoms with E-state index in [-0.39, 0.29) is 0 Å². The number of amides is 1. The van der Waals surface area contributed by atoms with Crippen molar-refractivity contribution in [1.82, 2.24) is 10.5 Å². The van der Waals surface area contributed by atoms with Gasteiger partial charge in [0.05, 0.1) is 0 Å². The smallest absolute Gasteiger partial charge is 0.405 e. The van der Waals surface area contributed by atoms with Gasteiger partial charge in [-0.1, -0.05) is 5.16 Å². The van der Waals surface area contributed by atoms with Gasteiger partial charge in [0.1, 0.15) is 6.54 Å². The van der Waals surface area contributed by atoms with Crippen molar-refractivity contribution in [2.75, 3.05) is 6.54 Å². The Hall–Kier alpha value is -2.06. The number of rotatable bonds is 3. The van der Waals surface area contributed by atoms with Gasteiger partial charge >= 0.3 is 12.1 Å². The van der Waals surface area contributed by atoms with Gasteiger partial charge in [-0.2, -0.15) is 13.2 Å². The molecular weight excluding hydrogens is 233 g/mol. The van der Waals surface area contributed by atoms with Crippen molar-refractivity contribution in [1.29, 1.82) is 0 Å². The summed E-state index contributed by atoms with van der Waals surface area (Å²) in [5, 5.41) is 12.9. The molecule has 0 aliphatic carbocycles. The number of nitrogens with zero attached hydrogens (tertiary/aromatic N) is 1. The van der Waals surface area contributed by atoms with Crippen LogP contribution in [0.2, 0.25) is 0 Å². The van der Waals surface area contributed by atoms with E-state index in [0.29, 0.717) is 0 Å². The second-order valence-electron chi connectivity index (χ2n) is 2.68. The first kappa shape index (κ1) is 12.0. The number of carboxylic acids is 1. The first-order chi connectivity index (χ1) is 7.29. The number of halogens is 3. The highest BCUT2D eigenvalue weighted by Gasteiger charge is 2.28. The third-order valence-corrected chi connectivity index (χ3v) is 1.40. The lowest BCUT2D eigenvalue weighted by Crippen LogP contribution is -2.33. The summed E-state index contributed by atoms with van der Waals surface area (Å²) in [6.45, 7) is -1.53. The van der Waals surface area contributed by atoms with Crippen LogP contribution in [0.3, 0.4) is 0 Å². The van der Waals surface area contributed by atoms with Crippen LogP contribution < -0.4 is 5.32 Å². The van der Waals surface area contributed by atoms with Gasteiger partial charge in [-0.05, 0) is 0 Å². The van der Waals surface area contributed by atoms with Crippen LogP contribution >= 0.6 is 0 Å². The Morgan fingerprint density at radius 3 is 2.56 bits per heavy atom. The fourth-order valence-corrected chi connectivity index (χ4v) is 0.754. The molecule has 0 fully saturated rings. The Labute approximate surface area is 86.0 Å². The third-order valence-electron chi connectivity index (χ3n) is 1.40. The lowest BCUT2D eigenvalue weighted by atomic mass is 10.3. The van der Waals surface area contributed by atoms with Crippen LogP contribution in [-0.4, -0.2) is 34.9 Å². The number of aromatic nitrogens is 1. The summed E-state index contributed by atoms with van der Waals surface area (Å²) in [4.78, 5) is 21.3. The van der Waals surface area contributed by atoms with E-state index in [1.54, 1.807) is 0 Å². The Bertz CT molecular complexity index is 412. The monoisotopic (exact) mass is 238 g/mol. The molecule has 1 aromatic rings. The standard InChI is InChI=1S/C7H5F3N2O4/c8-7(9,10)2-11-5(13)3-1-4(6(14)15)16-12-3/h1H,2H2,(H,11,13)(H,14,15). The van der Waals surface area contributed by atoms with Crippen LogP contribution in [0.5, 0.6) is 0 Å². The predicted molar refractivity (Wildman–Crippen MR) is 41.9 cm³/mol. The summed E-state index contributed by atoms with van der Waals surface area (Å²) < 4.78 is 39.3. The molecule has 9 heteroatoms.